The summed E-state index contributed by atoms with van der Waals surface area (Å²) in [5.74, 6) is 1.82. The molecule has 15 aromatic rings. The van der Waals surface area contributed by atoms with E-state index in [0.29, 0.717) is 69.4 Å². The van der Waals surface area contributed by atoms with Crippen molar-refractivity contribution in [2.24, 2.45) is 0 Å². The van der Waals surface area contributed by atoms with Gasteiger partial charge in [-0.2, -0.15) is 89.5 Å². The van der Waals surface area contributed by atoms with Crippen LogP contribution in [0.5, 0.6) is 74.7 Å². The molecule has 15 rings (SSSR count). The number of hydrogen-bond acceptors (Lipinski definition) is 21. The molecule has 0 fully saturated rings. The average molecular weight is 1980 g/mol. The third kappa shape index (κ3) is 32.8. The van der Waals surface area contributed by atoms with Gasteiger partial charge < -0.3 is 83.6 Å². The third-order valence-corrected chi connectivity index (χ3v) is 19.2. The first-order chi connectivity index (χ1) is 60.0. The van der Waals surface area contributed by atoms with Crippen LogP contribution in [0.3, 0.4) is 0 Å². The molecule has 0 aliphatic heterocycles. The molecule has 0 atom stereocenters. The predicted octanol–water partition coefficient (Wildman–Crippen LogP) is 19.9. The maximum atomic E-state index is 13.0. The number of hydrogen-bond donors (Lipinski definition) is 10. The number of aromatic hydroxyl groups is 8. The fraction of sp³-hybridized carbons (Fsp3) is 0.154. The van der Waals surface area contributed by atoms with Gasteiger partial charge in [0.05, 0.1) is 53.1 Å². The second-order valence-corrected chi connectivity index (χ2v) is 28.0. The number of phenols is 8. The number of ketones is 2. The number of phenolic OH excluding ortho intramolecular Hbond substituents is 8. The van der Waals surface area contributed by atoms with Gasteiger partial charge in [0.2, 0.25) is 0 Å². The molecule has 0 bridgehead atoms. The first kappa shape index (κ1) is 110. The van der Waals surface area contributed by atoms with E-state index in [-0.39, 0.29) is 219 Å². The molecule has 2 aromatic heterocycles. The van der Waals surface area contributed by atoms with Crippen LogP contribution in [-0.2, 0) is 146 Å². The molecule has 665 valence electrons. The Morgan fingerprint density at radius 2 is 0.638 bits per heavy atom. The van der Waals surface area contributed by atoms with Crippen molar-refractivity contribution in [3.05, 3.63) is 384 Å². The van der Waals surface area contributed by atoms with E-state index in [1.807, 2.05) is 93.6 Å². The number of carbonyl (C=O) groups excluding carboxylic acids is 2. The van der Waals surface area contributed by atoms with Crippen LogP contribution in [0.25, 0.3) is 44.2 Å². The first-order valence-electron chi connectivity index (χ1n) is 38.7. The Balaban J connectivity index is 0.000000327. The minimum absolute atomic E-state index is 0. The number of aliphatic carboxylic acids is 2. The van der Waals surface area contributed by atoms with E-state index in [4.69, 9.17) is 52.9 Å². The molecule has 130 heavy (non-hydrogen) atoms. The van der Waals surface area contributed by atoms with Crippen molar-refractivity contribution in [2.75, 3.05) is 35.5 Å². The molecular weight excluding hydrogens is 1880 g/mol. The Hall–Kier alpha value is -12.7. The number of carbonyl (C=O) groups is 4. The summed E-state index contributed by atoms with van der Waals surface area (Å²) < 4.78 is 36.6. The molecule has 2 heterocycles. The van der Waals surface area contributed by atoms with Crippen molar-refractivity contribution in [3.8, 4) is 97.0 Å². The molecule has 10 N–H and O–H groups in total. The van der Waals surface area contributed by atoms with E-state index in [1.54, 1.807) is 161 Å². The number of methoxy groups -OCH3 is 5. The molecule has 26 heteroatoms. The van der Waals surface area contributed by atoms with Crippen LogP contribution >= 0.6 is 0 Å². The van der Waals surface area contributed by atoms with Crippen molar-refractivity contribution in [1.82, 2.24) is 0 Å². The van der Waals surface area contributed by atoms with Crippen molar-refractivity contribution in [2.45, 2.75) is 74.1 Å². The molecule has 0 aliphatic carbocycles. The van der Waals surface area contributed by atoms with Crippen LogP contribution in [0.1, 0.15) is 96.8 Å². The monoisotopic (exact) mass is 1980 g/mol. The summed E-state index contributed by atoms with van der Waals surface area (Å²) in [6.45, 7) is 5.79. The maximum absolute atomic E-state index is 13.0. The summed E-state index contributed by atoms with van der Waals surface area (Å²) in [6, 6.07) is 85.1. The van der Waals surface area contributed by atoms with Gasteiger partial charge in [-0.15, -0.1) is 16.7 Å². The molecule has 0 saturated carbocycles. The van der Waals surface area contributed by atoms with E-state index in [2.05, 4.69) is 18.2 Å². The quantitative estimate of drug-likeness (QED) is 0.0181. The van der Waals surface area contributed by atoms with Crippen molar-refractivity contribution < 1.29 is 201 Å². The van der Waals surface area contributed by atoms with Gasteiger partial charge in [-0.1, -0.05) is 102 Å². The molecule has 0 unspecified atom stereocenters. The van der Waals surface area contributed by atoms with Crippen molar-refractivity contribution in [3.63, 3.8) is 0 Å². The fourth-order valence-corrected chi connectivity index (χ4v) is 12.7. The summed E-state index contributed by atoms with van der Waals surface area (Å²) in [4.78, 5) is 70.6. The smallest absolute Gasteiger partial charge is 0.342 e. The second-order valence-electron chi connectivity index (χ2n) is 28.0. The van der Waals surface area contributed by atoms with Crippen molar-refractivity contribution >= 4 is 45.4 Å². The number of benzene rings is 13. The maximum Gasteiger partial charge on any atom is 0.342 e. The summed E-state index contributed by atoms with van der Waals surface area (Å²) in [5, 5.41) is 93.3. The summed E-state index contributed by atoms with van der Waals surface area (Å²) in [7, 11) is 7.71. The van der Waals surface area contributed by atoms with E-state index in [0.717, 1.165) is 77.5 Å². The topological polar surface area (TPSA) is 377 Å². The molecule has 0 amide bonds. The molecule has 0 saturated heterocycles. The Labute approximate surface area is 829 Å². The largest absolute Gasteiger partial charge is 0.508 e. The summed E-state index contributed by atoms with van der Waals surface area (Å²) >= 11 is 0. The van der Waals surface area contributed by atoms with E-state index in [9.17, 15) is 59.4 Å². The normalized spacial score (nSPS) is 9.91. The van der Waals surface area contributed by atoms with Gasteiger partial charge in [0.25, 0.3) is 0 Å². The van der Waals surface area contributed by atoms with Crippen LogP contribution in [0.4, 0.5) is 0 Å². The first-order valence-corrected chi connectivity index (χ1v) is 38.7. The van der Waals surface area contributed by atoms with Crippen LogP contribution < -0.4 is 34.9 Å². The number of carboxylic acids is 2. The Kier molecular flexibility index (Phi) is 46.0. The molecule has 0 aliphatic rings. The van der Waals surface area contributed by atoms with Gasteiger partial charge in [-0.25, -0.2) is 9.59 Å². The summed E-state index contributed by atoms with van der Waals surface area (Å²) in [6.07, 6.45) is 1.49. The number of ether oxygens (including phenoxy) is 5. The van der Waals surface area contributed by atoms with Gasteiger partial charge >= 0.3 is 23.2 Å². The fourth-order valence-electron chi connectivity index (χ4n) is 12.7. The second kappa shape index (κ2) is 54.6. The van der Waals surface area contributed by atoms with E-state index < -0.39 is 11.9 Å². The predicted molar refractivity (Wildman–Crippen MR) is 488 cm³/mol. The van der Waals surface area contributed by atoms with Crippen LogP contribution in [0.15, 0.2) is 291 Å². The summed E-state index contributed by atoms with van der Waals surface area (Å²) in [5.41, 5.74) is 13.2. The molecule has 23 nitrogen and oxygen atoms in total. The average Bonchev–Trinajstić information content (AvgIpc) is 0.764. The Morgan fingerprint density at radius 3 is 0.946 bits per heavy atom. The van der Waals surface area contributed by atoms with Crippen LogP contribution in [-0.4, -0.2) is 110 Å². The zero-order valence-electron chi connectivity index (χ0n) is 71.2. The molecule has 3 radical (unpaired) electrons. The Morgan fingerprint density at radius 1 is 0.331 bits per heavy atom. The van der Waals surface area contributed by atoms with Gasteiger partial charge in [-0.05, 0) is 173 Å². The number of carboxylic acid groups (broad SMARTS) is 2. The molecule has 0 spiro atoms. The van der Waals surface area contributed by atoms with E-state index in [1.165, 1.54) is 74.9 Å². The van der Waals surface area contributed by atoms with Crippen molar-refractivity contribution in [1.29, 1.82) is 0 Å². The number of rotatable bonds is 21. The van der Waals surface area contributed by atoms with Crippen LogP contribution in [0, 0.1) is 39.0 Å². The Bertz CT molecular complexity index is 6010. The van der Waals surface area contributed by atoms with Gasteiger partial charge in [-0.3, -0.25) is 19.2 Å². The standard InChI is InChI=1S/2C24H19O4.2C15H14O4.C9H9O2.C8H8O3.C7H8O2.2CH4.3Y/c2*1-15-5-3-4-6-19(15)23-21(13-16-7-9-17(25)10-8-16)20-12-11-18(27-2)14-22(20)28-24(23)26;2*1-19-12-6-7-13(15(18)9-12)14(17)8-10-2-4-11(16)5-3-10;1-7-4-2-3-5-8(7)6-9(10)11;9-7-3-1-6(2-4-7)5-8(10)11;1-9-7-4-2-3-6(8)5-7;;;;;/h2*4-12,14,25H,13H2,1-2H3;2*2-7,9,16,18H,8H2,1H3;3-5H,6H2,1H3,(H,10,11);1-4,9H,5H2,(H,10,11);2-5,8H,1H3;2*1H4;;;/q2*-1;;;-1;;;;;;;. The zero-order valence-corrected chi connectivity index (χ0v) is 79.7. The number of fused-ring (bicyclic) bond motifs is 2. The van der Waals surface area contributed by atoms with Gasteiger partial charge in [0, 0.05) is 170 Å². The van der Waals surface area contributed by atoms with Gasteiger partial charge in [0.15, 0.2) is 11.6 Å². The SMILES string of the molecule is C.C.COc1ccc(C(=O)Cc2ccc(O)cc2)c(O)c1.COc1ccc(C(=O)Cc2ccc(O)cc2)c(O)c1.COc1ccc2c(Cc3ccc(O)cc3)c(-c3cc[c-]cc3C)c(=O)oc2c1.COc1ccc2c(Cc3ccc(O)cc3)c(-c3cc[c-]cc3C)c(=O)oc2c1.COc1cccc(O)c1.Cc1c[c-]ccc1CC(=O)O.O=C(O)Cc1ccc(O)cc1.[Y].[Y].[Y]. The molecular formula is C104H99O23Y3-3. The minimum atomic E-state index is -0.865. The number of aryl methyl sites for hydroxylation is 3. The third-order valence-electron chi connectivity index (χ3n) is 19.2. The minimum Gasteiger partial charge on any atom is -0.508 e. The van der Waals surface area contributed by atoms with Crippen LogP contribution in [0.2, 0.25) is 0 Å². The molecule has 13 aromatic carbocycles. The number of Topliss-reactive ketones (excluding diaryl/α,β-unsaturated/α-hetero) is 2. The van der Waals surface area contributed by atoms with E-state index >= 15 is 0 Å². The van der Waals surface area contributed by atoms with Gasteiger partial charge in [0.1, 0.15) is 85.9 Å². The zero-order chi connectivity index (χ0) is 90.2.